The van der Waals surface area contributed by atoms with Gasteiger partial charge in [0.25, 0.3) is 5.69 Å². The summed E-state index contributed by atoms with van der Waals surface area (Å²) in [6.07, 6.45) is 4.60. The second-order valence-corrected chi connectivity index (χ2v) is 7.34. The summed E-state index contributed by atoms with van der Waals surface area (Å²) in [6, 6.07) is 4.74. The number of nitro groups is 1. The summed E-state index contributed by atoms with van der Waals surface area (Å²) >= 11 is 0. The number of urea groups is 1. The standard InChI is InChI=1S/C20H26N4O5/c1-2-29-19(25)17-16(13-23-10-5-3-4-6-11-23)21-20(26)22-18(17)14-8-7-9-15(12-14)24(27)28/h7-9,12,18H,2-6,10-11,13H2,1H3,(H2,21,22,26)/p+1/t18-/m0/s1. The molecule has 0 unspecified atom stereocenters. The van der Waals surface area contributed by atoms with Gasteiger partial charge in [0.15, 0.2) is 0 Å². The molecule has 2 amide bonds. The van der Waals surface area contributed by atoms with Gasteiger partial charge in [-0.05, 0) is 38.2 Å². The summed E-state index contributed by atoms with van der Waals surface area (Å²) in [5.41, 5.74) is 1.21. The fourth-order valence-corrected chi connectivity index (χ4v) is 3.93. The van der Waals surface area contributed by atoms with E-state index in [2.05, 4.69) is 10.6 Å². The molecule has 0 saturated carbocycles. The Kier molecular flexibility index (Phi) is 6.82. The number of esters is 1. The number of benzene rings is 1. The van der Waals surface area contributed by atoms with Gasteiger partial charge in [0, 0.05) is 12.1 Å². The van der Waals surface area contributed by atoms with Crippen LogP contribution >= 0.6 is 0 Å². The number of non-ortho nitro benzene ring substituents is 1. The van der Waals surface area contributed by atoms with Crippen molar-refractivity contribution < 1.29 is 24.1 Å². The fourth-order valence-electron chi connectivity index (χ4n) is 3.93. The van der Waals surface area contributed by atoms with Gasteiger partial charge in [0.1, 0.15) is 6.54 Å². The van der Waals surface area contributed by atoms with Crippen LogP contribution in [-0.4, -0.2) is 43.2 Å². The molecule has 0 aliphatic carbocycles. The zero-order valence-corrected chi connectivity index (χ0v) is 16.5. The minimum atomic E-state index is -0.802. The van der Waals surface area contributed by atoms with Crippen LogP contribution < -0.4 is 15.5 Å². The number of quaternary nitrogens is 1. The Labute approximate surface area is 169 Å². The quantitative estimate of drug-likeness (QED) is 0.375. The first-order chi connectivity index (χ1) is 14.0. The van der Waals surface area contributed by atoms with Crippen molar-refractivity contribution in [1.29, 1.82) is 0 Å². The number of carbonyl (C=O) groups is 2. The minimum Gasteiger partial charge on any atom is -0.463 e. The van der Waals surface area contributed by atoms with Crippen LogP contribution in [0, 0.1) is 10.1 Å². The van der Waals surface area contributed by atoms with E-state index in [0.29, 0.717) is 23.4 Å². The van der Waals surface area contributed by atoms with E-state index in [1.165, 1.54) is 29.9 Å². The molecule has 1 saturated heterocycles. The van der Waals surface area contributed by atoms with Crippen molar-refractivity contribution in [2.45, 2.75) is 38.6 Å². The average Bonchev–Trinajstić information content (AvgIpc) is 2.96. The van der Waals surface area contributed by atoms with Gasteiger partial charge < -0.3 is 20.3 Å². The molecule has 156 valence electrons. The minimum absolute atomic E-state index is 0.0989. The first-order valence-corrected chi connectivity index (χ1v) is 10.0. The number of amides is 2. The van der Waals surface area contributed by atoms with Crippen molar-refractivity contribution in [3.63, 3.8) is 0 Å². The average molecular weight is 403 g/mol. The predicted octanol–water partition coefficient (Wildman–Crippen LogP) is 1.22. The van der Waals surface area contributed by atoms with E-state index in [4.69, 9.17) is 4.74 Å². The third-order valence-electron chi connectivity index (χ3n) is 5.30. The van der Waals surface area contributed by atoms with Gasteiger partial charge >= 0.3 is 12.0 Å². The molecule has 1 atom stereocenters. The summed E-state index contributed by atoms with van der Waals surface area (Å²) in [7, 11) is 0. The lowest BCUT2D eigenvalue weighted by atomic mass is 9.94. The Balaban J connectivity index is 2.00. The van der Waals surface area contributed by atoms with Crippen LogP contribution in [0.3, 0.4) is 0 Å². The zero-order valence-electron chi connectivity index (χ0n) is 16.5. The molecule has 2 heterocycles. The monoisotopic (exact) mass is 403 g/mol. The fraction of sp³-hybridized carbons (Fsp3) is 0.500. The van der Waals surface area contributed by atoms with Gasteiger partial charge in [0.05, 0.1) is 41.9 Å². The molecule has 3 rings (SSSR count). The van der Waals surface area contributed by atoms with Crippen LogP contribution in [0.2, 0.25) is 0 Å². The van der Waals surface area contributed by atoms with Crippen LogP contribution in [0.25, 0.3) is 0 Å². The number of likely N-dealkylation sites (tertiary alicyclic amines) is 1. The van der Waals surface area contributed by atoms with Gasteiger partial charge in [-0.2, -0.15) is 0 Å². The lowest BCUT2D eigenvalue weighted by Gasteiger charge is -2.30. The van der Waals surface area contributed by atoms with E-state index in [1.807, 2.05) is 0 Å². The second kappa shape index (κ2) is 9.51. The van der Waals surface area contributed by atoms with Crippen molar-refractivity contribution in [3.05, 3.63) is 51.2 Å². The van der Waals surface area contributed by atoms with E-state index in [9.17, 15) is 19.7 Å². The van der Waals surface area contributed by atoms with E-state index in [0.717, 1.165) is 25.9 Å². The Morgan fingerprint density at radius 1 is 1.28 bits per heavy atom. The van der Waals surface area contributed by atoms with Crippen molar-refractivity contribution >= 4 is 17.7 Å². The van der Waals surface area contributed by atoms with E-state index in [-0.39, 0.29) is 12.3 Å². The molecule has 0 aromatic heterocycles. The summed E-state index contributed by atoms with van der Waals surface area (Å²) in [5.74, 6) is -0.527. The molecule has 1 fully saturated rings. The molecule has 9 heteroatoms. The maximum absolute atomic E-state index is 12.8. The Bertz CT molecular complexity index is 815. The number of carbonyl (C=O) groups excluding carboxylic acids is 2. The predicted molar refractivity (Wildman–Crippen MR) is 105 cm³/mol. The van der Waals surface area contributed by atoms with Gasteiger partial charge in [-0.3, -0.25) is 10.1 Å². The number of ether oxygens (including phenoxy) is 1. The summed E-state index contributed by atoms with van der Waals surface area (Å²) < 4.78 is 5.26. The maximum atomic E-state index is 12.8. The first kappa shape index (κ1) is 20.8. The molecular formula is C20H27N4O5+. The normalized spacial score (nSPS) is 20.4. The zero-order chi connectivity index (χ0) is 20.8. The van der Waals surface area contributed by atoms with Crippen LogP contribution in [-0.2, 0) is 9.53 Å². The molecule has 0 spiro atoms. The maximum Gasteiger partial charge on any atom is 0.338 e. The van der Waals surface area contributed by atoms with Gasteiger partial charge in [0.2, 0.25) is 0 Å². The van der Waals surface area contributed by atoms with Gasteiger partial charge in [-0.25, -0.2) is 9.59 Å². The molecule has 9 nitrogen and oxygen atoms in total. The molecule has 1 aromatic rings. The molecule has 0 bridgehead atoms. The first-order valence-electron chi connectivity index (χ1n) is 10.0. The number of rotatable bonds is 6. The number of nitrogens with zero attached hydrogens (tertiary/aromatic N) is 1. The van der Waals surface area contributed by atoms with E-state index < -0.39 is 23.0 Å². The van der Waals surface area contributed by atoms with E-state index >= 15 is 0 Å². The number of nitrogens with one attached hydrogen (secondary N) is 3. The molecule has 2 aliphatic rings. The molecule has 29 heavy (non-hydrogen) atoms. The number of hydrogen-bond donors (Lipinski definition) is 3. The summed E-state index contributed by atoms with van der Waals surface area (Å²) in [5, 5.41) is 16.7. The van der Waals surface area contributed by atoms with Gasteiger partial charge in [-0.15, -0.1) is 0 Å². The molecule has 3 N–H and O–H groups in total. The molecular weight excluding hydrogens is 376 g/mol. The van der Waals surface area contributed by atoms with Crippen LogP contribution in [0.1, 0.15) is 44.2 Å². The Morgan fingerprint density at radius 2 is 2.00 bits per heavy atom. The number of hydrogen-bond acceptors (Lipinski definition) is 5. The lowest BCUT2D eigenvalue weighted by molar-refractivity contribution is -0.894. The smallest absolute Gasteiger partial charge is 0.338 e. The SMILES string of the molecule is CCOC(=O)C1=C(C[NH+]2CCCCCC2)NC(=O)N[C@H]1c1cccc([N+](=O)[O-])c1. The van der Waals surface area contributed by atoms with Crippen molar-refractivity contribution in [2.75, 3.05) is 26.2 Å². The highest BCUT2D eigenvalue weighted by Crippen LogP contribution is 2.29. The summed E-state index contributed by atoms with van der Waals surface area (Å²) in [4.78, 5) is 37.2. The van der Waals surface area contributed by atoms with Crippen molar-refractivity contribution in [1.82, 2.24) is 10.6 Å². The van der Waals surface area contributed by atoms with Crippen molar-refractivity contribution in [2.24, 2.45) is 0 Å². The highest BCUT2D eigenvalue weighted by Gasteiger charge is 2.35. The third-order valence-corrected chi connectivity index (χ3v) is 5.30. The van der Waals surface area contributed by atoms with Crippen LogP contribution in [0.5, 0.6) is 0 Å². The molecule has 0 radical (unpaired) electrons. The molecule has 1 aromatic carbocycles. The largest absolute Gasteiger partial charge is 0.463 e. The number of nitro benzene ring substituents is 1. The second-order valence-electron chi connectivity index (χ2n) is 7.34. The van der Waals surface area contributed by atoms with Crippen LogP contribution in [0.15, 0.2) is 35.5 Å². The summed E-state index contributed by atoms with van der Waals surface area (Å²) in [6.45, 7) is 4.37. The topological polar surface area (TPSA) is 115 Å². The molecule has 2 aliphatic heterocycles. The van der Waals surface area contributed by atoms with Gasteiger partial charge in [-0.1, -0.05) is 12.1 Å². The van der Waals surface area contributed by atoms with E-state index in [1.54, 1.807) is 19.1 Å². The van der Waals surface area contributed by atoms with Crippen LogP contribution in [0.4, 0.5) is 10.5 Å². The Morgan fingerprint density at radius 3 is 2.66 bits per heavy atom. The lowest BCUT2D eigenvalue weighted by Crippen LogP contribution is -3.12. The Hall–Kier alpha value is -2.94. The highest BCUT2D eigenvalue weighted by atomic mass is 16.6. The third kappa shape index (κ3) is 5.11. The highest BCUT2D eigenvalue weighted by molar-refractivity contribution is 5.95. The van der Waals surface area contributed by atoms with Crippen molar-refractivity contribution in [3.8, 4) is 0 Å².